The van der Waals surface area contributed by atoms with Gasteiger partial charge < -0.3 is 31.7 Å². The number of carbonyl (C=O) groups is 3. The summed E-state index contributed by atoms with van der Waals surface area (Å²) in [6, 6.07) is 19.9. The first kappa shape index (κ1) is 35.7. The van der Waals surface area contributed by atoms with Gasteiger partial charge >= 0.3 is 0 Å². The third kappa shape index (κ3) is 9.35. The summed E-state index contributed by atoms with van der Waals surface area (Å²) in [6.45, 7) is 4.80. The maximum atomic E-state index is 13.7. The van der Waals surface area contributed by atoms with Gasteiger partial charge in [-0.3, -0.25) is 14.4 Å². The molecule has 268 valence electrons. The predicted molar refractivity (Wildman–Crippen MR) is 195 cm³/mol. The van der Waals surface area contributed by atoms with Crippen LogP contribution in [-0.4, -0.2) is 76.7 Å². The van der Waals surface area contributed by atoms with Crippen molar-refractivity contribution in [1.29, 1.82) is 0 Å². The van der Waals surface area contributed by atoms with Crippen LogP contribution in [0.2, 0.25) is 0 Å². The van der Waals surface area contributed by atoms with Crippen LogP contribution in [0.1, 0.15) is 61.4 Å². The Kier molecular flexibility index (Phi) is 12.0. The highest BCUT2D eigenvalue weighted by molar-refractivity contribution is 5.98. The SMILES string of the molecule is CCOc1cc(C(=O)NC2CCNCC2)ccc1-c1ccc(CC(NC(=O)C2CCC(CN)CC2)C(=O)Nc2ccc(-c3nn[nH]n3)cc2)cc1. The first-order valence-corrected chi connectivity index (χ1v) is 17.9. The fourth-order valence-electron chi connectivity index (χ4n) is 6.84. The lowest BCUT2D eigenvalue weighted by molar-refractivity contribution is -0.130. The molecular formula is C38H47N9O4. The van der Waals surface area contributed by atoms with E-state index in [-0.39, 0.29) is 29.7 Å². The number of H-pyrrole nitrogens is 1. The van der Waals surface area contributed by atoms with E-state index in [9.17, 15) is 14.4 Å². The first-order chi connectivity index (χ1) is 24.9. The van der Waals surface area contributed by atoms with E-state index >= 15 is 0 Å². The van der Waals surface area contributed by atoms with Crippen LogP contribution in [0.3, 0.4) is 0 Å². The molecule has 51 heavy (non-hydrogen) atoms. The smallest absolute Gasteiger partial charge is 0.251 e. The highest BCUT2D eigenvalue weighted by Gasteiger charge is 2.29. The summed E-state index contributed by atoms with van der Waals surface area (Å²) in [5, 5.41) is 26.5. The van der Waals surface area contributed by atoms with Gasteiger partial charge in [-0.1, -0.05) is 24.3 Å². The van der Waals surface area contributed by atoms with Gasteiger partial charge in [0.1, 0.15) is 11.8 Å². The third-order valence-corrected chi connectivity index (χ3v) is 9.86. The number of aromatic amines is 1. The molecule has 3 amide bonds. The number of nitrogens with one attached hydrogen (secondary N) is 5. The van der Waals surface area contributed by atoms with E-state index < -0.39 is 6.04 Å². The van der Waals surface area contributed by atoms with E-state index in [0.717, 1.165) is 73.9 Å². The number of benzene rings is 3. The van der Waals surface area contributed by atoms with Gasteiger partial charge in [0.05, 0.1) is 6.61 Å². The normalized spacial score (nSPS) is 18.4. The van der Waals surface area contributed by atoms with Gasteiger partial charge in [0, 0.05) is 40.8 Å². The molecule has 13 heteroatoms. The molecule has 1 unspecified atom stereocenters. The molecule has 1 aliphatic carbocycles. The molecule has 0 radical (unpaired) electrons. The molecule has 6 rings (SSSR count). The maximum Gasteiger partial charge on any atom is 0.251 e. The molecule has 2 aliphatic rings. The Morgan fingerprint density at radius 1 is 0.922 bits per heavy atom. The minimum Gasteiger partial charge on any atom is -0.493 e. The van der Waals surface area contributed by atoms with E-state index in [1.807, 2.05) is 43.3 Å². The molecule has 3 aromatic carbocycles. The Hall–Kier alpha value is -5.14. The van der Waals surface area contributed by atoms with E-state index in [4.69, 9.17) is 10.5 Å². The number of piperidine rings is 1. The van der Waals surface area contributed by atoms with Crippen LogP contribution in [-0.2, 0) is 16.0 Å². The van der Waals surface area contributed by atoms with Gasteiger partial charge in [0.25, 0.3) is 5.91 Å². The number of nitrogens with zero attached hydrogens (tertiary/aromatic N) is 3. The molecule has 2 heterocycles. The minimum atomic E-state index is -0.802. The number of rotatable bonds is 13. The summed E-state index contributed by atoms with van der Waals surface area (Å²) in [5.41, 5.74) is 10.4. The van der Waals surface area contributed by atoms with Crippen molar-refractivity contribution in [3.8, 4) is 28.3 Å². The van der Waals surface area contributed by atoms with Crippen molar-refractivity contribution < 1.29 is 19.1 Å². The Morgan fingerprint density at radius 2 is 1.65 bits per heavy atom. The first-order valence-electron chi connectivity index (χ1n) is 17.9. The lowest BCUT2D eigenvalue weighted by atomic mass is 9.81. The van der Waals surface area contributed by atoms with Crippen LogP contribution in [0.4, 0.5) is 5.69 Å². The topological polar surface area (TPSA) is 189 Å². The molecular weight excluding hydrogens is 646 g/mol. The number of anilines is 1. The lowest BCUT2D eigenvalue weighted by Crippen LogP contribution is -2.48. The predicted octanol–water partition coefficient (Wildman–Crippen LogP) is 3.85. The Morgan fingerprint density at radius 3 is 2.31 bits per heavy atom. The summed E-state index contributed by atoms with van der Waals surface area (Å²) in [4.78, 5) is 40.2. The van der Waals surface area contributed by atoms with Gasteiger partial charge in [0.15, 0.2) is 0 Å². The van der Waals surface area contributed by atoms with E-state index in [2.05, 4.69) is 41.9 Å². The monoisotopic (exact) mass is 693 g/mol. The molecule has 1 saturated carbocycles. The Balaban J connectivity index is 1.16. The van der Waals surface area contributed by atoms with Gasteiger partial charge in [0.2, 0.25) is 17.6 Å². The maximum absolute atomic E-state index is 13.7. The fraction of sp³-hybridized carbons (Fsp3) is 0.421. The van der Waals surface area contributed by atoms with Crippen LogP contribution < -0.4 is 31.7 Å². The van der Waals surface area contributed by atoms with Crippen molar-refractivity contribution in [2.45, 2.75) is 64.0 Å². The fourth-order valence-corrected chi connectivity index (χ4v) is 6.84. The van der Waals surface area contributed by atoms with Crippen molar-refractivity contribution in [1.82, 2.24) is 36.6 Å². The zero-order valence-corrected chi connectivity index (χ0v) is 29.0. The van der Waals surface area contributed by atoms with Gasteiger partial charge in [-0.2, -0.15) is 5.21 Å². The summed E-state index contributed by atoms with van der Waals surface area (Å²) in [5.74, 6) is 0.842. The molecule has 1 aromatic heterocycles. The van der Waals surface area contributed by atoms with Crippen molar-refractivity contribution in [2.75, 3.05) is 31.6 Å². The van der Waals surface area contributed by atoms with Crippen molar-refractivity contribution in [2.24, 2.45) is 17.6 Å². The number of nitrogens with two attached hydrogens (primary N) is 1. The third-order valence-electron chi connectivity index (χ3n) is 9.86. The zero-order chi connectivity index (χ0) is 35.6. The summed E-state index contributed by atoms with van der Waals surface area (Å²) in [7, 11) is 0. The summed E-state index contributed by atoms with van der Waals surface area (Å²) >= 11 is 0. The number of carbonyl (C=O) groups excluding carboxylic acids is 3. The Labute approximate surface area is 297 Å². The summed E-state index contributed by atoms with van der Waals surface area (Å²) in [6.07, 6.45) is 5.45. The van der Waals surface area contributed by atoms with Crippen LogP contribution in [0, 0.1) is 11.8 Å². The van der Waals surface area contributed by atoms with Gasteiger partial charge in [-0.25, -0.2) is 0 Å². The number of amides is 3. The second kappa shape index (κ2) is 17.2. The number of aromatic nitrogens is 4. The average Bonchev–Trinajstić information content (AvgIpc) is 3.71. The molecule has 13 nitrogen and oxygen atoms in total. The largest absolute Gasteiger partial charge is 0.493 e. The summed E-state index contributed by atoms with van der Waals surface area (Å²) < 4.78 is 5.99. The lowest BCUT2D eigenvalue weighted by Gasteiger charge is -2.28. The quantitative estimate of drug-likeness (QED) is 0.121. The van der Waals surface area contributed by atoms with Crippen molar-refractivity contribution in [3.05, 3.63) is 77.9 Å². The standard InChI is InChI=1S/C38H47N9O4/c1-2-51-34-22-29(37(49)41-31-17-19-40-20-18-31)13-16-32(34)26-7-3-24(4-8-26)21-33(43-36(48)28-9-5-25(23-39)6-10-28)38(50)42-30-14-11-27(12-15-30)35-44-46-47-45-35/h3-4,7-8,11-16,22,25,28,31,33,40H,2,5-6,9-10,17-21,23,39H2,1H3,(H,41,49)(H,42,50)(H,43,48)(H,44,45,46,47). The minimum absolute atomic E-state index is 0.105. The van der Waals surface area contributed by atoms with Crippen LogP contribution in [0.15, 0.2) is 66.7 Å². The van der Waals surface area contributed by atoms with Crippen molar-refractivity contribution >= 4 is 23.4 Å². The van der Waals surface area contributed by atoms with Gasteiger partial charge in [-0.05, 0) is 130 Å². The van der Waals surface area contributed by atoms with E-state index in [0.29, 0.717) is 48.3 Å². The highest BCUT2D eigenvalue weighted by Crippen LogP contribution is 2.32. The van der Waals surface area contributed by atoms with Gasteiger partial charge in [-0.15, -0.1) is 10.2 Å². The Bertz CT molecular complexity index is 1750. The van der Waals surface area contributed by atoms with Crippen LogP contribution >= 0.6 is 0 Å². The molecule has 2 fully saturated rings. The molecule has 1 aliphatic heterocycles. The second-order valence-electron chi connectivity index (χ2n) is 13.4. The van der Waals surface area contributed by atoms with E-state index in [1.165, 1.54) is 0 Å². The molecule has 0 bridgehead atoms. The molecule has 7 N–H and O–H groups in total. The molecule has 1 saturated heterocycles. The zero-order valence-electron chi connectivity index (χ0n) is 29.0. The second-order valence-corrected chi connectivity index (χ2v) is 13.4. The molecule has 0 spiro atoms. The van der Waals surface area contributed by atoms with Crippen LogP contribution in [0.25, 0.3) is 22.5 Å². The molecule has 4 aromatic rings. The highest BCUT2D eigenvalue weighted by atomic mass is 16.5. The van der Waals surface area contributed by atoms with E-state index in [1.54, 1.807) is 30.3 Å². The van der Waals surface area contributed by atoms with Crippen molar-refractivity contribution in [3.63, 3.8) is 0 Å². The number of tetrazole rings is 1. The van der Waals surface area contributed by atoms with Crippen LogP contribution in [0.5, 0.6) is 5.75 Å². The average molecular weight is 694 g/mol. The number of hydrogen-bond donors (Lipinski definition) is 6. The number of hydrogen-bond acceptors (Lipinski definition) is 9. The number of ether oxygens (including phenoxy) is 1. The molecule has 1 atom stereocenters.